The zero-order chi connectivity index (χ0) is 18.8. The summed E-state index contributed by atoms with van der Waals surface area (Å²) in [5.41, 5.74) is 2.21. The van der Waals surface area contributed by atoms with Gasteiger partial charge in [-0.3, -0.25) is 0 Å². The second-order valence-electron chi connectivity index (χ2n) is 7.58. The first-order chi connectivity index (χ1) is 13.9. The topological polar surface area (TPSA) is 67.5 Å². The van der Waals surface area contributed by atoms with Gasteiger partial charge >= 0.3 is 0 Å². The van der Waals surface area contributed by atoms with Crippen molar-refractivity contribution in [3.63, 3.8) is 0 Å². The van der Waals surface area contributed by atoms with Gasteiger partial charge in [0.25, 0.3) is 0 Å². The van der Waals surface area contributed by atoms with E-state index >= 15 is 0 Å². The zero-order valence-corrected chi connectivity index (χ0v) is 16.0. The standard InChI is InChI=1S/C21H25N5O2/c1-2-16(12-20-22-5-9-28-20)14-26(6-1)21-18-4-3-17(13-19(18)23-15-24-21)25-7-10-27-11-8-25/h3-5,9,13,15-16H,1-2,6-8,10-12,14H2. The molecule has 2 aromatic heterocycles. The van der Waals surface area contributed by atoms with Crippen LogP contribution in [0, 0.1) is 5.92 Å². The van der Waals surface area contributed by atoms with Gasteiger partial charge in [0.15, 0.2) is 5.89 Å². The molecule has 0 radical (unpaired) electrons. The Balaban J connectivity index is 1.38. The van der Waals surface area contributed by atoms with Gasteiger partial charge in [0, 0.05) is 43.7 Å². The minimum absolute atomic E-state index is 0.532. The Kier molecular flexibility index (Phi) is 4.83. The minimum atomic E-state index is 0.532. The van der Waals surface area contributed by atoms with E-state index in [0.29, 0.717) is 5.92 Å². The van der Waals surface area contributed by atoms with Gasteiger partial charge < -0.3 is 19.0 Å². The van der Waals surface area contributed by atoms with Crippen LogP contribution in [0.5, 0.6) is 0 Å². The summed E-state index contributed by atoms with van der Waals surface area (Å²) in [6, 6.07) is 6.54. The fourth-order valence-corrected chi connectivity index (χ4v) is 4.33. The maximum Gasteiger partial charge on any atom is 0.194 e. The molecule has 0 spiro atoms. The highest BCUT2D eigenvalue weighted by molar-refractivity contribution is 5.91. The molecule has 2 saturated heterocycles. The fraction of sp³-hybridized carbons (Fsp3) is 0.476. The van der Waals surface area contributed by atoms with Crippen molar-refractivity contribution >= 4 is 22.4 Å². The van der Waals surface area contributed by atoms with Crippen molar-refractivity contribution in [1.29, 1.82) is 0 Å². The maximum atomic E-state index is 5.47. The molecular formula is C21H25N5O2. The molecule has 1 aromatic carbocycles. The smallest absolute Gasteiger partial charge is 0.194 e. The summed E-state index contributed by atoms with van der Waals surface area (Å²) in [5, 5.41) is 1.12. The molecule has 146 valence electrons. The predicted octanol–water partition coefficient (Wildman–Crippen LogP) is 2.91. The molecule has 4 heterocycles. The predicted molar refractivity (Wildman–Crippen MR) is 108 cm³/mol. The number of hydrogen-bond acceptors (Lipinski definition) is 7. The molecule has 28 heavy (non-hydrogen) atoms. The second-order valence-corrected chi connectivity index (χ2v) is 7.58. The molecule has 3 aromatic rings. The van der Waals surface area contributed by atoms with E-state index in [2.05, 4.69) is 43.0 Å². The van der Waals surface area contributed by atoms with E-state index in [-0.39, 0.29) is 0 Å². The van der Waals surface area contributed by atoms with E-state index in [1.54, 1.807) is 18.8 Å². The van der Waals surface area contributed by atoms with Crippen molar-refractivity contribution in [3.05, 3.63) is 42.9 Å². The van der Waals surface area contributed by atoms with Gasteiger partial charge in [0.1, 0.15) is 18.4 Å². The van der Waals surface area contributed by atoms with Crippen molar-refractivity contribution in [2.45, 2.75) is 19.3 Å². The summed E-state index contributed by atoms with van der Waals surface area (Å²) in [4.78, 5) is 18.2. The summed E-state index contributed by atoms with van der Waals surface area (Å²) in [5.74, 6) is 2.40. The number of benzene rings is 1. The molecule has 7 nitrogen and oxygen atoms in total. The van der Waals surface area contributed by atoms with Gasteiger partial charge in [0.2, 0.25) is 0 Å². The minimum Gasteiger partial charge on any atom is -0.449 e. The van der Waals surface area contributed by atoms with Gasteiger partial charge in [-0.05, 0) is 37.0 Å². The van der Waals surface area contributed by atoms with E-state index < -0.39 is 0 Å². The Morgan fingerprint density at radius 2 is 1.96 bits per heavy atom. The molecule has 0 bridgehead atoms. The van der Waals surface area contributed by atoms with Crippen molar-refractivity contribution in [3.8, 4) is 0 Å². The Labute approximate surface area is 164 Å². The quantitative estimate of drug-likeness (QED) is 0.690. The molecule has 0 aliphatic carbocycles. The van der Waals surface area contributed by atoms with Crippen LogP contribution in [0.25, 0.3) is 10.9 Å². The summed E-state index contributed by atoms with van der Waals surface area (Å²) in [6.07, 6.45) is 8.30. The van der Waals surface area contributed by atoms with Crippen LogP contribution >= 0.6 is 0 Å². The van der Waals surface area contributed by atoms with Crippen molar-refractivity contribution < 1.29 is 9.15 Å². The number of fused-ring (bicyclic) bond motifs is 1. The number of rotatable bonds is 4. The highest BCUT2D eigenvalue weighted by atomic mass is 16.5. The number of nitrogens with zero attached hydrogens (tertiary/aromatic N) is 5. The number of anilines is 2. The van der Waals surface area contributed by atoms with Gasteiger partial charge in [0.05, 0.1) is 24.9 Å². The first-order valence-corrected chi connectivity index (χ1v) is 10.1. The maximum absolute atomic E-state index is 5.47. The second kappa shape index (κ2) is 7.75. The van der Waals surface area contributed by atoms with Crippen LogP contribution in [-0.2, 0) is 11.2 Å². The lowest BCUT2D eigenvalue weighted by Crippen LogP contribution is -2.37. The third-order valence-electron chi connectivity index (χ3n) is 5.74. The largest absolute Gasteiger partial charge is 0.449 e. The summed E-state index contributed by atoms with van der Waals surface area (Å²) < 4.78 is 10.9. The summed E-state index contributed by atoms with van der Waals surface area (Å²) in [7, 11) is 0. The summed E-state index contributed by atoms with van der Waals surface area (Å²) in [6.45, 7) is 5.43. The van der Waals surface area contributed by atoms with Crippen LogP contribution in [0.2, 0.25) is 0 Å². The lowest BCUT2D eigenvalue weighted by atomic mass is 9.94. The molecule has 1 atom stereocenters. The SMILES string of the molecule is c1coc(CC2CCCN(c3ncnc4cc(N5CCOCC5)ccc34)C2)n1. The third-order valence-corrected chi connectivity index (χ3v) is 5.74. The van der Waals surface area contributed by atoms with E-state index in [4.69, 9.17) is 9.15 Å². The first kappa shape index (κ1) is 17.4. The van der Waals surface area contributed by atoms with Crippen molar-refractivity contribution in [1.82, 2.24) is 15.0 Å². The molecule has 2 aliphatic rings. The molecule has 2 fully saturated rings. The van der Waals surface area contributed by atoms with Crippen LogP contribution in [0.15, 0.2) is 41.4 Å². The van der Waals surface area contributed by atoms with Crippen LogP contribution in [0.4, 0.5) is 11.5 Å². The monoisotopic (exact) mass is 379 g/mol. The Bertz CT molecular complexity index is 924. The highest BCUT2D eigenvalue weighted by Crippen LogP contribution is 2.30. The molecule has 0 N–H and O–H groups in total. The van der Waals surface area contributed by atoms with Gasteiger partial charge in [-0.15, -0.1) is 0 Å². The van der Waals surface area contributed by atoms with Crippen LogP contribution in [0.3, 0.4) is 0 Å². The number of aromatic nitrogens is 3. The van der Waals surface area contributed by atoms with Crippen LogP contribution in [0.1, 0.15) is 18.7 Å². The Morgan fingerprint density at radius 1 is 1.04 bits per heavy atom. The lowest BCUT2D eigenvalue weighted by Gasteiger charge is -2.34. The molecule has 5 rings (SSSR count). The van der Waals surface area contributed by atoms with Gasteiger partial charge in [-0.2, -0.15) is 0 Å². The molecular weight excluding hydrogens is 354 g/mol. The normalized spacial score (nSPS) is 20.6. The number of hydrogen-bond donors (Lipinski definition) is 0. The van der Waals surface area contributed by atoms with Crippen LogP contribution < -0.4 is 9.80 Å². The fourth-order valence-electron chi connectivity index (χ4n) is 4.33. The average Bonchev–Trinajstić information content (AvgIpc) is 3.27. The van der Waals surface area contributed by atoms with E-state index in [9.17, 15) is 0 Å². The summed E-state index contributed by atoms with van der Waals surface area (Å²) >= 11 is 0. The Morgan fingerprint density at radius 3 is 2.82 bits per heavy atom. The molecule has 1 unspecified atom stereocenters. The van der Waals surface area contributed by atoms with E-state index in [1.807, 2.05) is 0 Å². The zero-order valence-electron chi connectivity index (χ0n) is 16.0. The van der Waals surface area contributed by atoms with Gasteiger partial charge in [-0.25, -0.2) is 15.0 Å². The van der Waals surface area contributed by atoms with Gasteiger partial charge in [-0.1, -0.05) is 0 Å². The Hall–Kier alpha value is -2.67. The van der Waals surface area contributed by atoms with Crippen LogP contribution in [-0.4, -0.2) is 54.3 Å². The third kappa shape index (κ3) is 3.54. The number of morpholine rings is 1. The molecule has 2 aliphatic heterocycles. The van der Waals surface area contributed by atoms with Crippen molar-refractivity contribution in [2.24, 2.45) is 5.92 Å². The lowest BCUT2D eigenvalue weighted by molar-refractivity contribution is 0.122. The molecule has 0 amide bonds. The first-order valence-electron chi connectivity index (χ1n) is 10.1. The van der Waals surface area contributed by atoms with E-state index in [0.717, 1.165) is 74.8 Å². The molecule has 0 saturated carbocycles. The molecule has 7 heteroatoms. The van der Waals surface area contributed by atoms with Crippen molar-refractivity contribution in [2.75, 3.05) is 49.2 Å². The average molecular weight is 379 g/mol. The number of piperidine rings is 1. The highest BCUT2D eigenvalue weighted by Gasteiger charge is 2.24. The number of ether oxygens (including phenoxy) is 1. The van der Waals surface area contributed by atoms with E-state index in [1.165, 1.54) is 12.1 Å². The number of oxazole rings is 1.